The fourth-order valence-corrected chi connectivity index (χ4v) is 2.66. The van der Waals surface area contributed by atoms with Gasteiger partial charge in [-0.1, -0.05) is 36.5 Å². The SMILES string of the molecule is CCc1nnc(NC(=O)Cc2cnn(-c3ccccc3)c2)s1. The molecule has 7 heteroatoms. The Morgan fingerprint density at radius 2 is 2.09 bits per heavy atom. The average Bonchev–Trinajstić information content (AvgIpc) is 3.17. The van der Waals surface area contributed by atoms with Crippen LogP contribution in [0.5, 0.6) is 0 Å². The lowest BCUT2D eigenvalue weighted by atomic mass is 10.2. The smallest absolute Gasteiger partial charge is 0.230 e. The molecule has 0 radical (unpaired) electrons. The summed E-state index contributed by atoms with van der Waals surface area (Å²) in [4.78, 5) is 12.0. The van der Waals surface area contributed by atoms with Gasteiger partial charge in [0.15, 0.2) is 0 Å². The largest absolute Gasteiger partial charge is 0.300 e. The first-order chi connectivity index (χ1) is 10.7. The summed E-state index contributed by atoms with van der Waals surface area (Å²) in [6.45, 7) is 2.00. The number of nitrogens with zero attached hydrogens (tertiary/aromatic N) is 4. The van der Waals surface area contributed by atoms with Gasteiger partial charge in [0.25, 0.3) is 0 Å². The molecule has 3 rings (SSSR count). The molecule has 1 amide bonds. The molecule has 6 nitrogen and oxygen atoms in total. The second kappa shape index (κ2) is 6.48. The van der Waals surface area contributed by atoms with Crippen molar-refractivity contribution in [3.8, 4) is 5.69 Å². The fourth-order valence-electron chi connectivity index (χ4n) is 1.97. The van der Waals surface area contributed by atoms with Crippen molar-refractivity contribution in [2.75, 3.05) is 5.32 Å². The van der Waals surface area contributed by atoms with E-state index in [0.29, 0.717) is 5.13 Å². The van der Waals surface area contributed by atoms with E-state index in [9.17, 15) is 4.79 Å². The first-order valence-corrected chi connectivity index (χ1v) is 7.77. The van der Waals surface area contributed by atoms with Crippen molar-refractivity contribution in [3.05, 3.63) is 53.3 Å². The molecule has 0 aliphatic carbocycles. The van der Waals surface area contributed by atoms with Gasteiger partial charge in [0.2, 0.25) is 11.0 Å². The van der Waals surface area contributed by atoms with Gasteiger partial charge >= 0.3 is 0 Å². The summed E-state index contributed by atoms with van der Waals surface area (Å²) >= 11 is 1.40. The Kier molecular flexibility index (Phi) is 4.24. The summed E-state index contributed by atoms with van der Waals surface area (Å²) in [6.07, 6.45) is 4.63. The molecular weight excluding hydrogens is 298 g/mol. The highest BCUT2D eigenvalue weighted by Crippen LogP contribution is 2.16. The third-order valence-corrected chi connectivity index (χ3v) is 4.02. The van der Waals surface area contributed by atoms with Gasteiger partial charge in [-0.3, -0.25) is 4.79 Å². The van der Waals surface area contributed by atoms with Gasteiger partial charge in [0.1, 0.15) is 5.01 Å². The highest BCUT2D eigenvalue weighted by Gasteiger charge is 2.10. The third kappa shape index (κ3) is 3.37. The van der Waals surface area contributed by atoms with Crippen LogP contribution in [-0.2, 0) is 17.6 Å². The lowest BCUT2D eigenvalue weighted by molar-refractivity contribution is -0.115. The van der Waals surface area contributed by atoms with Gasteiger partial charge in [-0.2, -0.15) is 5.10 Å². The lowest BCUT2D eigenvalue weighted by Crippen LogP contribution is -2.13. The van der Waals surface area contributed by atoms with Crippen molar-refractivity contribution >= 4 is 22.4 Å². The van der Waals surface area contributed by atoms with Crippen LogP contribution in [0.2, 0.25) is 0 Å². The van der Waals surface area contributed by atoms with Crippen LogP contribution in [0.25, 0.3) is 5.69 Å². The van der Waals surface area contributed by atoms with E-state index in [4.69, 9.17) is 0 Å². The second-order valence-electron chi connectivity index (χ2n) is 4.71. The summed E-state index contributed by atoms with van der Waals surface area (Å²) in [7, 11) is 0. The highest BCUT2D eigenvalue weighted by atomic mass is 32.1. The summed E-state index contributed by atoms with van der Waals surface area (Å²) in [5.41, 5.74) is 1.81. The van der Waals surface area contributed by atoms with E-state index in [-0.39, 0.29) is 12.3 Å². The molecule has 2 aromatic heterocycles. The van der Waals surface area contributed by atoms with Crippen molar-refractivity contribution in [1.82, 2.24) is 20.0 Å². The molecular formula is C15H15N5OS. The Balaban J connectivity index is 1.63. The molecule has 2 heterocycles. The molecule has 0 atom stereocenters. The van der Waals surface area contributed by atoms with Crippen LogP contribution in [0.15, 0.2) is 42.7 Å². The van der Waals surface area contributed by atoms with Crippen molar-refractivity contribution in [2.24, 2.45) is 0 Å². The molecule has 22 heavy (non-hydrogen) atoms. The van der Waals surface area contributed by atoms with Gasteiger partial charge in [-0.25, -0.2) is 4.68 Å². The number of benzene rings is 1. The Morgan fingerprint density at radius 3 is 2.82 bits per heavy atom. The Morgan fingerprint density at radius 1 is 1.27 bits per heavy atom. The molecule has 0 aliphatic rings. The highest BCUT2D eigenvalue weighted by molar-refractivity contribution is 7.15. The maximum Gasteiger partial charge on any atom is 0.230 e. The summed E-state index contributed by atoms with van der Waals surface area (Å²) < 4.78 is 1.75. The maximum absolute atomic E-state index is 12.0. The van der Waals surface area contributed by atoms with Gasteiger partial charge in [-0.15, -0.1) is 10.2 Å². The molecule has 1 N–H and O–H groups in total. The van der Waals surface area contributed by atoms with Crippen molar-refractivity contribution in [3.63, 3.8) is 0 Å². The second-order valence-corrected chi connectivity index (χ2v) is 5.77. The van der Waals surface area contributed by atoms with E-state index in [2.05, 4.69) is 20.6 Å². The van der Waals surface area contributed by atoms with Crippen LogP contribution in [0, 0.1) is 0 Å². The number of hydrogen-bond donors (Lipinski definition) is 1. The lowest BCUT2D eigenvalue weighted by Gasteiger charge is -2.00. The number of anilines is 1. The van der Waals surface area contributed by atoms with Crippen molar-refractivity contribution < 1.29 is 4.79 Å². The Hall–Kier alpha value is -2.54. The number of nitrogens with one attached hydrogen (secondary N) is 1. The predicted molar refractivity (Wildman–Crippen MR) is 85.2 cm³/mol. The summed E-state index contributed by atoms with van der Waals surface area (Å²) in [5.74, 6) is -0.119. The molecule has 0 aliphatic heterocycles. The minimum Gasteiger partial charge on any atom is -0.300 e. The third-order valence-electron chi connectivity index (χ3n) is 3.04. The Bertz CT molecular complexity index is 765. The number of amides is 1. The van der Waals surface area contributed by atoms with Crippen LogP contribution < -0.4 is 5.32 Å². The molecule has 1 aromatic carbocycles. The Labute approximate surface area is 131 Å². The topological polar surface area (TPSA) is 72.7 Å². The number of aromatic nitrogens is 4. The van der Waals surface area contributed by atoms with E-state index < -0.39 is 0 Å². The predicted octanol–water partition coefficient (Wildman–Crippen LogP) is 2.47. The van der Waals surface area contributed by atoms with E-state index in [1.165, 1.54) is 11.3 Å². The van der Waals surface area contributed by atoms with Crippen LogP contribution in [0.3, 0.4) is 0 Å². The first-order valence-electron chi connectivity index (χ1n) is 6.96. The van der Waals surface area contributed by atoms with Gasteiger partial charge in [0, 0.05) is 6.20 Å². The van der Waals surface area contributed by atoms with E-state index in [1.54, 1.807) is 10.9 Å². The quantitative estimate of drug-likeness (QED) is 0.785. The molecule has 0 saturated carbocycles. The van der Waals surface area contributed by atoms with Crippen molar-refractivity contribution in [1.29, 1.82) is 0 Å². The van der Waals surface area contributed by atoms with Gasteiger partial charge < -0.3 is 5.32 Å². The number of rotatable bonds is 5. The average molecular weight is 313 g/mol. The zero-order chi connectivity index (χ0) is 15.4. The monoisotopic (exact) mass is 313 g/mol. The number of carbonyl (C=O) groups excluding carboxylic acids is 1. The van der Waals surface area contributed by atoms with E-state index in [0.717, 1.165) is 22.7 Å². The number of para-hydroxylation sites is 1. The van der Waals surface area contributed by atoms with Gasteiger partial charge in [0.05, 0.1) is 18.3 Å². The minimum atomic E-state index is -0.119. The molecule has 0 spiro atoms. The number of carbonyl (C=O) groups is 1. The normalized spacial score (nSPS) is 10.6. The summed E-state index contributed by atoms with van der Waals surface area (Å²) in [5, 5.41) is 16.4. The van der Waals surface area contributed by atoms with Crippen LogP contribution in [0.1, 0.15) is 17.5 Å². The molecule has 0 fully saturated rings. The first kappa shape index (κ1) is 14.4. The molecule has 0 saturated heterocycles. The van der Waals surface area contributed by atoms with Crippen molar-refractivity contribution in [2.45, 2.75) is 19.8 Å². The maximum atomic E-state index is 12.0. The molecule has 0 bridgehead atoms. The standard InChI is InChI=1S/C15H15N5OS/c1-2-14-18-19-15(22-14)17-13(21)8-11-9-16-20(10-11)12-6-4-3-5-7-12/h3-7,9-10H,2,8H2,1H3,(H,17,19,21). The zero-order valence-corrected chi connectivity index (χ0v) is 12.9. The van der Waals surface area contributed by atoms with E-state index >= 15 is 0 Å². The molecule has 112 valence electrons. The summed E-state index contributed by atoms with van der Waals surface area (Å²) in [6, 6.07) is 9.77. The number of hydrogen-bond acceptors (Lipinski definition) is 5. The van der Waals surface area contributed by atoms with Gasteiger partial charge in [-0.05, 0) is 24.1 Å². The zero-order valence-electron chi connectivity index (χ0n) is 12.1. The molecule has 0 unspecified atom stereocenters. The van der Waals surface area contributed by atoms with Crippen LogP contribution in [-0.4, -0.2) is 25.9 Å². The molecule has 3 aromatic rings. The van der Waals surface area contributed by atoms with E-state index in [1.807, 2.05) is 43.5 Å². The van der Waals surface area contributed by atoms with Crippen LogP contribution >= 0.6 is 11.3 Å². The fraction of sp³-hybridized carbons (Fsp3) is 0.200. The number of aryl methyl sites for hydroxylation is 1. The van der Waals surface area contributed by atoms with Crippen LogP contribution in [0.4, 0.5) is 5.13 Å². The minimum absolute atomic E-state index is 0.119.